The van der Waals surface area contributed by atoms with Crippen molar-refractivity contribution in [2.45, 2.75) is 39.9 Å². The van der Waals surface area contributed by atoms with Crippen LogP contribution in [-0.4, -0.2) is 24.8 Å². The van der Waals surface area contributed by atoms with E-state index in [-0.39, 0.29) is 23.3 Å². The van der Waals surface area contributed by atoms with Gasteiger partial charge in [-0.15, -0.1) is 0 Å². The van der Waals surface area contributed by atoms with Crippen molar-refractivity contribution in [1.82, 2.24) is 18.9 Å². The van der Waals surface area contributed by atoms with Crippen LogP contribution in [0, 0.1) is 18.6 Å². The van der Waals surface area contributed by atoms with E-state index in [4.69, 9.17) is 0 Å². The van der Waals surface area contributed by atoms with Gasteiger partial charge in [0.2, 0.25) is 5.91 Å². The molecule has 2 heterocycles. The molecule has 0 aliphatic rings. The van der Waals surface area contributed by atoms with Gasteiger partial charge in [0.05, 0.1) is 5.69 Å². The Labute approximate surface area is 193 Å². The minimum atomic E-state index is -1.10. The van der Waals surface area contributed by atoms with Crippen LogP contribution in [0.1, 0.15) is 18.2 Å². The predicted molar refractivity (Wildman–Crippen MR) is 124 cm³/mol. The van der Waals surface area contributed by atoms with Crippen LogP contribution < -0.4 is 16.6 Å². The lowest BCUT2D eigenvalue weighted by atomic mass is 10.1. The highest BCUT2D eigenvalue weighted by Crippen LogP contribution is 2.16. The van der Waals surface area contributed by atoms with Crippen LogP contribution in [0.4, 0.5) is 14.5 Å². The molecule has 0 unspecified atom stereocenters. The van der Waals surface area contributed by atoms with Gasteiger partial charge in [0.1, 0.15) is 12.1 Å². The monoisotopic (exact) mass is 467 g/mol. The molecule has 8 nitrogen and oxygen atoms in total. The Bertz CT molecular complexity index is 1490. The zero-order valence-electron chi connectivity index (χ0n) is 18.7. The Morgan fingerprint density at radius 1 is 1.00 bits per heavy atom. The predicted octanol–water partition coefficient (Wildman–Crippen LogP) is 2.85. The van der Waals surface area contributed by atoms with Crippen molar-refractivity contribution in [2.24, 2.45) is 0 Å². The van der Waals surface area contributed by atoms with Crippen molar-refractivity contribution in [3.8, 4) is 0 Å². The van der Waals surface area contributed by atoms with Gasteiger partial charge >= 0.3 is 5.69 Å². The van der Waals surface area contributed by atoms with E-state index < -0.39 is 35.3 Å². The minimum absolute atomic E-state index is 0.0477. The highest BCUT2D eigenvalue weighted by molar-refractivity contribution is 5.91. The number of benzene rings is 2. The molecular weight excluding hydrogens is 444 g/mol. The maximum Gasteiger partial charge on any atom is 0.332 e. The zero-order chi connectivity index (χ0) is 24.4. The first-order valence-corrected chi connectivity index (χ1v) is 10.8. The summed E-state index contributed by atoms with van der Waals surface area (Å²) in [5.74, 6) is -2.78. The van der Waals surface area contributed by atoms with Crippen LogP contribution in [0.5, 0.6) is 0 Å². The maximum absolute atomic E-state index is 13.5. The Balaban J connectivity index is 1.75. The second-order valence-corrected chi connectivity index (χ2v) is 7.84. The molecule has 4 rings (SSSR count). The summed E-state index contributed by atoms with van der Waals surface area (Å²) in [4.78, 5) is 39.4. The SMILES string of the molecule is CCn1nc(C)c2c1c(=O)n(CCc1ccccc1)c(=O)n2CC(=O)Nc1ccc(F)c(F)c1. The fourth-order valence-corrected chi connectivity index (χ4v) is 3.94. The molecule has 1 amide bonds. The number of aromatic nitrogens is 4. The van der Waals surface area contributed by atoms with Gasteiger partial charge in [0.25, 0.3) is 5.56 Å². The first-order chi connectivity index (χ1) is 16.3. The smallest absolute Gasteiger partial charge is 0.324 e. The summed E-state index contributed by atoms with van der Waals surface area (Å²) in [5, 5.41) is 6.83. The topological polar surface area (TPSA) is 90.9 Å². The molecule has 2 aromatic carbocycles. The molecule has 0 saturated carbocycles. The molecule has 0 bridgehead atoms. The van der Waals surface area contributed by atoms with Crippen LogP contribution >= 0.6 is 0 Å². The van der Waals surface area contributed by atoms with Crippen molar-refractivity contribution < 1.29 is 13.6 Å². The largest absolute Gasteiger partial charge is 0.332 e. The van der Waals surface area contributed by atoms with Crippen molar-refractivity contribution in [3.63, 3.8) is 0 Å². The fourth-order valence-electron chi connectivity index (χ4n) is 3.94. The normalized spacial score (nSPS) is 11.2. The Morgan fingerprint density at radius 3 is 2.41 bits per heavy atom. The van der Waals surface area contributed by atoms with Crippen molar-refractivity contribution in [2.75, 3.05) is 5.32 Å². The van der Waals surface area contributed by atoms with Crippen LogP contribution in [0.2, 0.25) is 0 Å². The molecule has 0 spiro atoms. The molecule has 0 atom stereocenters. The van der Waals surface area contributed by atoms with Crippen LogP contribution in [0.15, 0.2) is 58.1 Å². The van der Waals surface area contributed by atoms with Crippen molar-refractivity contribution in [1.29, 1.82) is 0 Å². The Kier molecular flexibility index (Phi) is 6.40. The van der Waals surface area contributed by atoms with E-state index in [1.165, 1.54) is 15.3 Å². The number of aryl methyl sites for hydroxylation is 3. The van der Waals surface area contributed by atoms with Crippen LogP contribution in [-0.2, 0) is 30.8 Å². The van der Waals surface area contributed by atoms with Gasteiger partial charge in [-0.1, -0.05) is 30.3 Å². The van der Waals surface area contributed by atoms with Gasteiger partial charge in [0, 0.05) is 24.8 Å². The summed E-state index contributed by atoms with van der Waals surface area (Å²) in [7, 11) is 0. The number of hydrogen-bond acceptors (Lipinski definition) is 4. The third kappa shape index (κ3) is 4.39. The summed E-state index contributed by atoms with van der Waals surface area (Å²) >= 11 is 0. The number of carbonyl (C=O) groups is 1. The zero-order valence-corrected chi connectivity index (χ0v) is 18.7. The first-order valence-electron chi connectivity index (χ1n) is 10.8. The standard InChI is InChI=1S/C24H23F2N5O3/c1-3-31-22-21(15(2)28-31)30(14-20(32)27-17-9-10-18(25)19(26)13-17)24(34)29(23(22)33)12-11-16-7-5-4-6-8-16/h4-10,13H,3,11-12,14H2,1-2H3,(H,27,32). The third-order valence-corrected chi connectivity index (χ3v) is 5.55. The minimum Gasteiger partial charge on any atom is -0.324 e. The molecule has 10 heteroatoms. The lowest BCUT2D eigenvalue weighted by Crippen LogP contribution is -2.42. The van der Waals surface area contributed by atoms with E-state index in [0.29, 0.717) is 18.7 Å². The lowest BCUT2D eigenvalue weighted by molar-refractivity contribution is -0.116. The summed E-state index contributed by atoms with van der Waals surface area (Å²) in [6, 6.07) is 12.4. The number of amides is 1. The summed E-state index contributed by atoms with van der Waals surface area (Å²) in [6.07, 6.45) is 0.446. The van der Waals surface area contributed by atoms with E-state index in [1.54, 1.807) is 6.92 Å². The number of anilines is 1. The molecule has 2 aromatic heterocycles. The average molecular weight is 467 g/mol. The number of fused-ring (bicyclic) bond motifs is 1. The third-order valence-electron chi connectivity index (χ3n) is 5.55. The van der Waals surface area contributed by atoms with Gasteiger partial charge in [-0.2, -0.15) is 5.10 Å². The molecule has 0 aliphatic heterocycles. The van der Waals surface area contributed by atoms with E-state index >= 15 is 0 Å². The van der Waals surface area contributed by atoms with Gasteiger partial charge in [-0.3, -0.25) is 23.4 Å². The van der Waals surface area contributed by atoms with E-state index in [2.05, 4.69) is 10.4 Å². The molecule has 0 aliphatic carbocycles. The van der Waals surface area contributed by atoms with Gasteiger partial charge < -0.3 is 5.32 Å². The number of nitrogens with one attached hydrogen (secondary N) is 1. The first kappa shape index (κ1) is 23.1. The average Bonchev–Trinajstić information content (AvgIpc) is 3.16. The van der Waals surface area contributed by atoms with E-state index in [0.717, 1.165) is 22.3 Å². The van der Waals surface area contributed by atoms with Crippen LogP contribution in [0.25, 0.3) is 11.0 Å². The van der Waals surface area contributed by atoms with Crippen molar-refractivity contribution in [3.05, 3.63) is 92.3 Å². The number of nitrogens with zero attached hydrogens (tertiary/aromatic N) is 4. The number of carbonyl (C=O) groups excluding carboxylic acids is 1. The molecule has 0 fully saturated rings. The molecule has 176 valence electrons. The number of hydrogen-bond donors (Lipinski definition) is 1. The van der Waals surface area contributed by atoms with E-state index in [1.807, 2.05) is 37.3 Å². The maximum atomic E-state index is 13.5. The lowest BCUT2D eigenvalue weighted by Gasteiger charge is -2.13. The highest BCUT2D eigenvalue weighted by Gasteiger charge is 2.21. The quantitative estimate of drug-likeness (QED) is 0.453. The van der Waals surface area contributed by atoms with Crippen LogP contribution in [0.3, 0.4) is 0 Å². The number of halogens is 2. The highest BCUT2D eigenvalue weighted by atomic mass is 19.2. The number of rotatable bonds is 7. The van der Waals surface area contributed by atoms with Gasteiger partial charge in [-0.05, 0) is 38.0 Å². The summed E-state index contributed by atoms with van der Waals surface area (Å²) in [6.45, 7) is 3.57. The summed E-state index contributed by atoms with van der Waals surface area (Å²) in [5.41, 5.74) is 0.815. The fraction of sp³-hybridized carbons (Fsp3) is 0.250. The second kappa shape index (κ2) is 9.42. The second-order valence-electron chi connectivity index (χ2n) is 7.84. The van der Waals surface area contributed by atoms with E-state index in [9.17, 15) is 23.2 Å². The Hall–Kier alpha value is -4.08. The molecule has 4 aromatic rings. The molecule has 34 heavy (non-hydrogen) atoms. The summed E-state index contributed by atoms with van der Waals surface area (Å²) < 4.78 is 30.5. The molecule has 0 saturated heterocycles. The molecule has 0 radical (unpaired) electrons. The Morgan fingerprint density at radius 2 is 1.74 bits per heavy atom. The van der Waals surface area contributed by atoms with Crippen molar-refractivity contribution >= 4 is 22.6 Å². The van der Waals surface area contributed by atoms with Gasteiger partial charge in [-0.25, -0.2) is 13.6 Å². The molecular formula is C24H23F2N5O3. The molecule has 1 N–H and O–H groups in total. The van der Waals surface area contributed by atoms with Gasteiger partial charge in [0.15, 0.2) is 17.2 Å².